The molecule has 1 heterocycles. The zero-order valence-electron chi connectivity index (χ0n) is 9.61. The average molecular weight is 208 g/mol. The number of nitrogens with zero attached hydrogens (tertiary/aromatic N) is 3. The van der Waals surface area contributed by atoms with Crippen molar-refractivity contribution in [2.75, 3.05) is 6.54 Å². The van der Waals surface area contributed by atoms with Gasteiger partial charge in [-0.3, -0.25) is 4.68 Å². The SMILES string of the molecule is CC1CCC(NCCc2ncn(C)n2)C1. The number of aromatic nitrogens is 3. The molecule has 1 aromatic heterocycles. The van der Waals surface area contributed by atoms with Crippen molar-refractivity contribution in [1.82, 2.24) is 20.1 Å². The summed E-state index contributed by atoms with van der Waals surface area (Å²) in [5.74, 6) is 1.84. The molecule has 84 valence electrons. The molecule has 0 amide bonds. The third-order valence-corrected chi connectivity index (χ3v) is 3.12. The third-order valence-electron chi connectivity index (χ3n) is 3.12. The van der Waals surface area contributed by atoms with E-state index in [9.17, 15) is 0 Å². The number of hydrogen-bond acceptors (Lipinski definition) is 3. The summed E-state index contributed by atoms with van der Waals surface area (Å²) in [6, 6.07) is 0.726. The van der Waals surface area contributed by atoms with E-state index in [4.69, 9.17) is 0 Å². The van der Waals surface area contributed by atoms with Gasteiger partial charge in [-0.2, -0.15) is 5.10 Å². The lowest BCUT2D eigenvalue weighted by Crippen LogP contribution is -2.28. The molecule has 1 N–H and O–H groups in total. The lowest BCUT2D eigenvalue weighted by molar-refractivity contribution is 0.502. The molecular weight excluding hydrogens is 188 g/mol. The second-order valence-corrected chi connectivity index (χ2v) is 4.65. The minimum atomic E-state index is 0.726. The quantitative estimate of drug-likeness (QED) is 0.806. The van der Waals surface area contributed by atoms with Crippen LogP contribution in [-0.4, -0.2) is 27.4 Å². The van der Waals surface area contributed by atoms with Gasteiger partial charge in [0.25, 0.3) is 0 Å². The van der Waals surface area contributed by atoms with Crippen LogP contribution in [0, 0.1) is 5.92 Å². The van der Waals surface area contributed by atoms with E-state index in [0.717, 1.165) is 30.7 Å². The Hall–Kier alpha value is -0.900. The van der Waals surface area contributed by atoms with Crippen molar-refractivity contribution in [3.63, 3.8) is 0 Å². The van der Waals surface area contributed by atoms with Crippen molar-refractivity contribution in [3.05, 3.63) is 12.2 Å². The molecule has 1 saturated carbocycles. The van der Waals surface area contributed by atoms with Crippen LogP contribution in [0.5, 0.6) is 0 Å². The summed E-state index contributed by atoms with van der Waals surface area (Å²) in [5, 5.41) is 7.84. The Labute approximate surface area is 91.1 Å². The van der Waals surface area contributed by atoms with E-state index in [1.165, 1.54) is 19.3 Å². The molecule has 1 aliphatic rings. The van der Waals surface area contributed by atoms with Crippen molar-refractivity contribution < 1.29 is 0 Å². The molecule has 0 saturated heterocycles. The van der Waals surface area contributed by atoms with E-state index in [2.05, 4.69) is 22.3 Å². The Morgan fingerprint density at radius 1 is 1.53 bits per heavy atom. The summed E-state index contributed by atoms with van der Waals surface area (Å²) >= 11 is 0. The highest BCUT2D eigenvalue weighted by molar-refractivity contribution is 4.84. The van der Waals surface area contributed by atoms with Crippen LogP contribution in [-0.2, 0) is 13.5 Å². The predicted molar refractivity (Wildman–Crippen MR) is 59.5 cm³/mol. The molecule has 1 aromatic rings. The molecule has 4 heteroatoms. The molecule has 0 bridgehead atoms. The average Bonchev–Trinajstić information content (AvgIpc) is 2.76. The Morgan fingerprint density at radius 2 is 2.40 bits per heavy atom. The van der Waals surface area contributed by atoms with Gasteiger partial charge in [0.15, 0.2) is 5.82 Å². The molecule has 4 nitrogen and oxygen atoms in total. The first-order valence-corrected chi connectivity index (χ1v) is 5.82. The zero-order valence-corrected chi connectivity index (χ0v) is 9.61. The molecule has 0 radical (unpaired) electrons. The summed E-state index contributed by atoms with van der Waals surface area (Å²) in [7, 11) is 1.91. The minimum absolute atomic E-state index is 0.726. The number of nitrogens with one attached hydrogen (secondary N) is 1. The van der Waals surface area contributed by atoms with Crippen LogP contribution < -0.4 is 5.32 Å². The maximum Gasteiger partial charge on any atom is 0.151 e. The highest BCUT2D eigenvalue weighted by Gasteiger charge is 2.20. The lowest BCUT2D eigenvalue weighted by atomic mass is 10.1. The van der Waals surface area contributed by atoms with Crippen LogP contribution in [0.3, 0.4) is 0 Å². The predicted octanol–water partition coefficient (Wildman–Crippen LogP) is 1.14. The summed E-state index contributed by atoms with van der Waals surface area (Å²) in [4.78, 5) is 4.21. The van der Waals surface area contributed by atoms with Crippen LogP contribution >= 0.6 is 0 Å². The number of hydrogen-bond donors (Lipinski definition) is 1. The molecule has 1 fully saturated rings. The van der Waals surface area contributed by atoms with Gasteiger partial charge in [0.05, 0.1) is 0 Å². The maximum atomic E-state index is 4.26. The van der Waals surface area contributed by atoms with E-state index < -0.39 is 0 Å². The summed E-state index contributed by atoms with van der Waals surface area (Å²) < 4.78 is 1.76. The summed E-state index contributed by atoms with van der Waals surface area (Å²) in [5.41, 5.74) is 0. The Morgan fingerprint density at radius 3 is 3.00 bits per heavy atom. The fourth-order valence-electron chi connectivity index (χ4n) is 2.28. The van der Waals surface area contributed by atoms with Crippen molar-refractivity contribution in [2.45, 2.75) is 38.6 Å². The fraction of sp³-hybridized carbons (Fsp3) is 0.818. The molecule has 2 unspecified atom stereocenters. The van der Waals surface area contributed by atoms with Gasteiger partial charge in [-0.05, 0) is 25.2 Å². The number of rotatable bonds is 4. The van der Waals surface area contributed by atoms with E-state index in [1.54, 1.807) is 11.0 Å². The number of aryl methyl sites for hydroxylation is 1. The largest absolute Gasteiger partial charge is 0.314 e. The van der Waals surface area contributed by atoms with Crippen LogP contribution in [0.4, 0.5) is 0 Å². The van der Waals surface area contributed by atoms with Crippen LogP contribution in [0.2, 0.25) is 0 Å². The first-order valence-electron chi connectivity index (χ1n) is 5.82. The highest BCUT2D eigenvalue weighted by atomic mass is 15.3. The van der Waals surface area contributed by atoms with Gasteiger partial charge in [0.1, 0.15) is 6.33 Å². The Kier molecular flexibility index (Phi) is 3.36. The van der Waals surface area contributed by atoms with Gasteiger partial charge in [-0.15, -0.1) is 0 Å². The standard InChI is InChI=1S/C11H20N4/c1-9-3-4-10(7-9)12-6-5-11-13-8-15(2)14-11/h8-10,12H,3-7H2,1-2H3. The monoisotopic (exact) mass is 208 g/mol. The van der Waals surface area contributed by atoms with E-state index in [0.29, 0.717) is 0 Å². The topological polar surface area (TPSA) is 42.7 Å². The normalized spacial score (nSPS) is 26.0. The minimum Gasteiger partial charge on any atom is -0.314 e. The van der Waals surface area contributed by atoms with Crippen LogP contribution in [0.25, 0.3) is 0 Å². The second-order valence-electron chi connectivity index (χ2n) is 4.65. The zero-order chi connectivity index (χ0) is 10.7. The van der Waals surface area contributed by atoms with Gasteiger partial charge in [0, 0.05) is 26.1 Å². The first kappa shape index (κ1) is 10.6. The second kappa shape index (κ2) is 4.75. The van der Waals surface area contributed by atoms with Gasteiger partial charge in [-0.25, -0.2) is 4.98 Å². The van der Waals surface area contributed by atoms with E-state index in [1.807, 2.05) is 7.05 Å². The Balaban J connectivity index is 1.67. The molecule has 0 aromatic carbocycles. The summed E-state index contributed by atoms with van der Waals surface area (Å²) in [6.07, 6.45) is 6.73. The van der Waals surface area contributed by atoms with Crippen molar-refractivity contribution in [3.8, 4) is 0 Å². The van der Waals surface area contributed by atoms with Crippen molar-refractivity contribution in [1.29, 1.82) is 0 Å². The smallest absolute Gasteiger partial charge is 0.151 e. The third kappa shape index (κ3) is 3.02. The summed E-state index contributed by atoms with van der Waals surface area (Å²) in [6.45, 7) is 3.34. The molecule has 2 rings (SSSR count). The van der Waals surface area contributed by atoms with Crippen LogP contribution in [0.15, 0.2) is 6.33 Å². The molecule has 0 aliphatic heterocycles. The lowest BCUT2D eigenvalue weighted by Gasteiger charge is -2.10. The molecular formula is C11H20N4. The fourth-order valence-corrected chi connectivity index (χ4v) is 2.28. The van der Waals surface area contributed by atoms with E-state index >= 15 is 0 Å². The Bertz CT molecular complexity index is 307. The molecule has 1 aliphatic carbocycles. The van der Waals surface area contributed by atoms with Gasteiger partial charge >= 0.3 is 0 Å². The van der Waals surface area contributed by atoms with Gasteiger partial charge < -0.3 is 5.32 Å². The van der Waals surface area contributed by atoms with Gasteiger partial charge in [0.2, 0.25) is 0 Å². The molecule has 15 heavy (non-hydrogen) atoms. The maximum absolute atomic E-state index is 4.26. The van der Waals surface area contributed by atoms with Crippen molar-refractivity contribution in [2.24, 2.45) is 13.0 Å². The van der Waals surface area contributed by atoms with Crippen LogP contribution in [0.1, 0.15) is 32.0 Å². The highest BCUT2D eigenvalue weighted by Crippen LogP contribution is 2.24. The van der Waals surface area contributed by atoms with Crippen molar-refractivity contribution >= 4 is 0 Å². The molecule has 2 atom stereocenters. The first-order chi connectivity index (χ1) is 7.24. The van der Waals surface area contributed by atoms with Gasteiger partial charge in [-0.1, -0.05) is 6.92 Å². The molecule has 0 spiro atoms. The van der Waals surface area contributed by atoms with E-state index in [-0.39, 0.29) is 0 Å².